The van der Waals surface area contributed by atoms with Crippen molar-refractivity contribution in [2.45, 2.75) is 51.6 Å². The van der Waals surface area contributed by atoms with Gasteiger partial charge in [-0.3, -0.25) is 4.79 Å². The molecular weight excluding hydrogens is 224 g/mol. The third-order valence-corrected chi connectivity index (χ3v) is 3.58. The zero-order valence-corrected chi connectivity index (χ0v) is 11.2. The molecule has 1 aromatic carbocycles. The van der Waals surface area contributed by atoms with E-state index in [-0.39, 0.29) is 11.8 Å². The molecule has 0 saturated heterocycles. The summed E-state index contributed by atoms with van der Waals surface area (Å²) in [6.07, 6.45) is 3.02. The Kier molecular flexibility index (Phi) is 4.02. The van der Waals surface area contributed by atoms with Gasteiger partial charge in [0.25, 0.3) is 0 Å². The summed E-state index contributed by atoms with van der Waals surface area (Å²) >= 11 is 0. The summed E-state index contributed by atoms with van der Waals surface area (Å²) in [7, 11) is 0. The van der Waals surface area contributed by atoms with Crippen molar-refractivity contribution in [3.63, 3.8) is 0 Å². The number of aryl methyl sites for hydroxylation is 1. The monoisotopic (exact) mass is 246 g/mol. The van der Waals surface area contributed by atoms with E-state index in [1.165, 1.54) is 11.1 Å². The maximum atomic E-state index is 11.4. The largest absolute Gasteiger partial charge is 0.369 e. The topological polar surface area (TPSA) is 55.1 Å². The minimum atomic E-state index is -0.191. The normalized spacial score (nSPS) is 18.7. The second kappa shape index (κ2) is 5.53. The fourth-order valence-corrected chi connectivity index (χ4v) is 2.60. The van der Waals surface area contributed by atoms with Crippen LogP contribution in [0, 0.1) is 0 Å². The van der Waals surface area contributed by atoms with Gasteiger partial charge in [0, 0.05) is 12.6 Å². The molecule has 98 valence electrons. The van der Waals surface area contributed by atoms with E-state index >= 15 is 0 Å². The van der Waals surface area contributed by atoms with Crippen molar-refractivity contribution in [3.8, 4) is 0 Å². The highest BCUT2D eigenvalue weighted by Crippen LogP contribution is 2.31. The van der Waals surface area contributed by atoms with Crippen LogP contribution in [-0.2, 0) is 17.8 Å². The lowest BCUT2D eigenvalue weighted by atomic mass is 9.81. The summed E-state index contributed by atoms with van der Waals surface area (Å²) in [5.74, 6) is -0.273. The predicted octanol–water partition coefficient (Wildman–Crippen LogP) is 2.09. The Bertz CT molecular complexity index is 440. The standard InChI is InChI=1S/C15H22N2O/c1-10(2)17-9-11-6-7-13-12(8-11)4-3-5-14(13)15(16)18/h6-8,10,14,17H,3-5,9H2,1-2H3,(H2,16,18). The van der Waals surface area contributed by atoms with Gasteiger partial charge >= 0.3 is 0 Å². The number of carbonyl (C=O) groups is 1. The second-order valence-corrected chi connectivity index (χ2v) is 5.42. The average Bonchev–Trinajstić information content (AvgIpc) is 2.35. The van der Waals surface area contributed by atoms with E-state index in [0.29, 0.717) is 6.04 Å². The van der Waals surface area contributed by atoms with Crippen LogP contribution in [0.1, 0.15) is 49.3 Å². The number of hydrogen-bond donors (Lipinski definition) is 2. The minimum Gasteiger partial charge on any atom is -0.369 e. The molecule has 0 aliphatic heterocycles. The molecule has 1 aliphatic rings. The van der Waals surface area contributed by atoms with Gasteiger partial charge in [0.2, 0.25) is 5.91 Å². The van der Waals surface area contributed by atoms with Crippen molar-refractivity contribution in [1.82, 2.24) is 5.32 Å². The molecule has 18 heavy (non-hydrogen) atoms. The summed E-state index contributed by atoms with van der Waals surface area (Å²) in [5, 5.41) is 3.41. The molecule has 1 aromatic rings. The molecule has 0 bridgehead atoms. The van der Waals surface area contributed by atoms with E-state index in [1.54, 1.807) is 0 Å². The quantitative estimate of drug-likeness (QED) is 0.854. The number of nitrogens with one attached hydrogen (secondary N) is 1. The zero-order chi connectivity index (χ0) is 13.1. The van der Waals surface area contributed by atoms with Crippen LogP contribution in [0.3, 0.4) is 0 Å². The second-order valence-electron chi connectivity index (χ2n) is 5.42. The van der Waals surface area contributed by atoms with Crippen molar-refractivity contribution in [1.29, 1.82) is 0 Å². The summed E-state index contributed by atoms with van der Waals surface area (Å²) in [5.41, 5.74) is 9.19. The van der Waals surface area contributed by atoms with Crippen molar-refractivity contribution in [2.75, 3.05) is 0 Å². The molecule has 0 radical (unpaired) electrons. The molecule has 2 rings (SSSR count). The third-order valence-electron chi connectivity index (χ3n) is 3.58. The maximum absolute atomic E-state index is 11.4. The summed E-state index contributed by atoms with van der Waals surface area (Å²) in [6, 6.07) is 6.90. The van der Waals surface area contributed by atoms with E-state index in [2.05, 4.69) is 37.4 Å². The number of carbonyl (C=O) groups excluding carboxylic acids is 1. The van der Waals surface area contributed by atoms with Gasteiger partial charge in [-0.15, -0.1) is 0 Å². The molecule has 0 heterocycles. The highest BCUT2D eigenvalue weighted by atomic mass is 16.1. The third kappa shape index (κ3) is 2.91. The van der Waals surface area contributed by atoms with E-state index in [9.17, 15) is 4.79 Å². The number of benzene rings is 1. The summed E-state index contributed by atoms with van der Waals surface area (Å²) < 4.78 is 0. The molecule has 3 heteroatoms. The molecule has 1 atom stereocenters. The maximum Gasteiger partial charge on any atom is 0.224 e. The van der Waals surface area contributed by atoms with Crippen LogP contribution in [0.15, 0.2) is 18.2 Å². The smallest absolute Gasteiger partial charge is 0.224 e. The van der Waals surface area contributed by atoms with Gasteiger partial charge in [-0.1, -0.05) is 32.0 Å². The highest BCUT2D eigenvalue weighted by Gasteiger charge is 2.24. The first-order valence-electron chi connectivity index (χ1n) is 6.72. The van der Waals surface area contributed by atoms with Crippen LogP contribution in [0.4, 0.5) is 0 Å². The fraction of sp³-hybridized carbons (Fsp3) is 0.533. The number of nitrogens with two attached hydrogens (primary N) is 1. The summed E-state index contributed by atoms with van der Waals surface area (Å²) in [6.45, 7) is 5.16. The number of hydrogen-bond acceptors (Lipinski definition) is 2. The Morgan fingerprint density at radius 1 is 1.50 bits per heavy atom. The van der Waals surface area contributed by atoms with E-state index in [4.69, 9.17) is 5.73 Å². The Hall–Kier alpha value is -1.35. The molecule has 0 saturated carbocycles. The van der Waals surface area contributed by atoms with Crippen LogP contribution < -0.4 is 11.1 Å². The van der Waals surface area contributed by atoms with Gasteiger partial charge in [0.15, 0.2) is 0 Å². The lowest BCUT2D eigenvalue weighted by Crippen LogP contribution is -2.25. The van der Waals surface area contributed by atoms with Gasteiger partial charge in [-0.05, 0) is 36.0 Å². The van der Waals surface area contributed by atoms with Crippen molar-refractivity contribution in [2.24, 2.45) is 5.73 Å². The predicted molar refractivity (Wildman–Crippen MR) is 73.3 cm³/mol. The van der Waals surface area contributed by atoms with Gasteiger partial charge in [-0.25, -0.2) is 0 Å². The molecule has 1 aliphatic carbocycles. The Labute approximate surface area is 109 Å². The van der Waals surface area contributed by atoms with E-state index < -0.39 is 0 Å². The molecule has 0 aromatic heterocycles. The first-order valence-corrected chi connectivity index (χ1v) is 6.72. The molecule has 3 nitrogen and oxygen atoms in total. The van der Waals surface area contributed by atoms with Crippen LogP contribution in [0.25, 0.3) is 0 Å². The molecule has 0 fully saturated rings. The molecule has 1 amide bonds. The summed E-state index contributed by atoms with van der Waals surface area (Å²) in [4.78, 5) is 11.4. The van der Waals surface area contributed by atoms with Crippen LogP contribution in [-0.4, -0.2) is 11.9 Å². The lowest BCUT2D eigenvalue weighted by molar-refractivity contribution is -0.119. The lowest BCUT2D eigenvalue weighted by Gasteiger charge is -2.23. The molecule has 3 N–H and O–H groups in total. The number of rotatable bonds is 4. The van der Waals surface area contributed by atoms with Crippen molar-refractivity contribution in [3.05, 3.63) is 34.9 Å². The van der Waals surface area contributed by atoms with Gasteiger partial charge in [-0.2, -0.15) is 0 Å². The fourth-order valence-electron chi connectivity index (χ4n) is 2.60. The van der Waals surface area contributed by atoms with Crippen LogP contribution in [0.2, 0.25) is 0 Å². The minimum absolute atomic E-state index is 0.0825. The van der Waals surface area contributed by atoms with Crippen molar-refractivity contribution < 1.29 is 4.79 Å². The number of primary amides is 1. The van der Waals surface area contributed by atoms with E-state index in [0.717, 1.165) is 31.4 Å². The highest BCUT2D eigenvalue weighted by molar-refractivity contribution is 5.82. The van der Waals surface area contributed by atoms with E-state index in [1.807, 2.05) is 0 Å². The number of amides is 1. The Balaban J connectivity index is 2.19. The molecule has 1 unspecified atom stereocenters. The zero-order valence-electron chi connectivity index (χ0n) is 11.2. The first kappa shape index (κ1) is 13.1. The Morgan fingerprint density at radius 2 is 2.28 bits per heavy atom. The Morgan fingerprint density at radius 3 is 2.94 bits per heavy atom. The molecular formula is C15H22N2O. The average molecular weight is 246 g/mol. The molecule has 0 spiro atoms. The van der Waals surface area contributed by atoms with Gasteiger partial charge in [0.1, 0.15) is 0 Å². The van der Waals surface area contributed by atoms with Crippen LogP contribution in [0.5, 0.6) is 0 Å². The van der Waals surface area contributed by atoms with Crippen LogP contribution >= 0.6 is 0 Å². The van der Waals surface area contributed by atoms with Crippen molar-refractivity contribution >= 4 is 5.91 Å². The van der Waals surface area contributed by atoms with Gasteiger partial charge < -0.3 is 11.1 Å². The first-order chi connectivity index (χ1) is 8.58. The number of fused-ring (bicyclic) bond motifs is 1. The van der Waals surface area contributed by atoms with Gasteiger partial charge in [0.05, 0.1) is 5.92 Å². The SMILES string of the molecule is CC(C)NCc1ccc2c(c1)CCCC2C(N)=O.